The topological polar surface area (TPSA) is 123 Å². The fraction of sp³-hybridized carbons (Fsp3) is 0.400. The lowest BCUT2D eigenvalue weighted by Gasteiger charge is -2.06. The molecule has 2 N–H and O–H groups in total. The maximum absolute atomic E-state index is 12.0. The molecule has 0 unspecified atom stereocenters. The van der Waals surface area contributed by atoms with Gasteiger partial charge >= 0.3 is 11.7 Å². The number of thiazole rings is 1. The van der Waals surface area contributed by atoms with E-state index in [9.17, 15) is 19.2 Å². The Kier molecular flexibility index (Phi) is 5.86. The van der Waals surface area contributed by atoms with Gasteiger partial charge in [0.15, 0.2) is 5.13 Å². The molecule has 134 valence electrons. The lowest BCUT2D eigenvalue weighted by Crippen LogP contribution is -2.29. The van der Waals surface area contributed by atoms with Crippen molar-refractivity contribution >= 4 is 28.3 Å². The second-order valence-electron chi connectivity index (χ2n) is 5.49. The number of esters is 1. The minimum atomic E-state index is -0.580. The largest absolute Gasteiger partial charge is 0.459 e. The summed E-state index contributed by atoms with van der Waals surface area (Å²) in [4.78, 5) is 53.0. The molecule has 10 heteroatoms. The van der Waals surface area contributed by atoms with Crippen LogP contribution in [-0.4, -0.2) is 32.5 Å². The van der Waals surface area contributed by atoms with Crippen LogP contribution in [0.15, 0.2) is 21.9 Å². The van der Waals surface area contributed by atoms with Crippen LogP contribution in [0, 0.1) is 6.92 Å². The van der Waals surface area contributed by atoms with Crippen LogP contribution in [0.2, 0.25) is 0 Å². The number of H-pyrrole nitrogens is 1. The number of anilines is 1. The van der Waals surface area contributed by atoms with Gasteiger partial charge in [-0.05, 0) is 20.8 Å². The van der Waals surface area contributed by atoms with E-state index in [1.807, 2.05) is 0 Å². The van der Waals surface area contributed by atoms with Crippen molar-refractivity contribution in [3.8, 4) is 0 Å². The molecule has 2 heterocycles. The Morgan fingerprint density at radius 3 is 2.76 bits per heavy atom. The van der Waals surface area contributed by atoms with Gasteiger partial charge in [-0.1, -0.05) is 11.3 Å². The van der Waals surface area contributed by atoms with Crippen molar-refractivity contribution in [1.29, 1.82) is 0 Å². The van der Waals surface area contributed by atoms with Gasteiger partial charge in [0.25, 0.3) is 5.56 Å². The number of aryl methyl sites for hydroxylation is 2. The van der Waals surface area contributed by atoms with E-state index in [4.69, 9.17) is 4.74 Å². The first-order chi connectivity index (χ1) is 11.8. The van der Waals surface area contributed by atoms with E-state index < -0.39 is 17.2 Å². The number of carbonyl (C=O) groups is 2. The van der Waals surface area contributed by atoms with Gasteiger partial charge in [-0.15, -0.1) is 0 Å². The van der Waals surface area contributed by atoms with Crippen LogP contribution in [0.1, 0.15) is 35.6 Å². The maximum atomic E-state index is 12.0. The number of amides is 1. The molecule has 0 aliphatic rings. The quantitative estimate of drug-likeness (QED) is 0.732. The van der Waals surface area contributed by atoms with Crippen molar-refractivity contribution in [3.05, 3.63) is 43.7 Å². The van der Waals surface area contributed by atoms with Gasteiger partial charge < -0.3 is 14.6 Å². The average Bonchev–Trinajstić information content (AvgIpc) is 2.86. The summed E-state index contributed by atoms with van der Waals surface area (Å²) in [6.45, 7) is 5.25. The van der Waals surface area contributed by atoms with E-state index in [0.29, 0.717) is 10.6 Å². The van der Waals surface area contributed by atoms with E-state index in [2.05, 4.69) is 15.3 Å². The fourth-order valence-electron chi connectivity index (χ4n) is 1.93. The summed E-state index contributed by atoms with van der Waals surface area (Å²) in [6.07, 6.45) is 1.08. The summed E-state index contributed by atoms with van der Waals surface area (Å²) in [5, 5.41) is 2.87. The molecular weight excluding hydrogens is 348 g/mol. The lowest BCUT2D eigenvalue weighted by molar-refractivity contribution is -0.116. The van der Waals surface area contributed by atoms with Gasteiger partial charge in [-0.2, -0.15) is 0 Å². The summed E-state index contributed by atoms with van der Waals surface area (Å²) in [6, 6.07) is 1.20. The molecule has 1 amide bonds. The normalized spacial score (nSPS) is 10.7. The maximum Gasteiger partial charge on any atom is 0.350 e. The van der Waals surface area contributed by atoms with Gasteiger partial charge in [0, 0.05) is 25.2 Å². The van der Waals surface area contributed by atoms with Gasteiger partial charge in [-0.3, -0.25) is 14.6 Å². The summed E-state index contributed by atoms with van der Waals surface area (Å²) in [5.74, 6) is -0.846. The van der Waals surface area contributed by atoms with Crippen LogP contribution in [0.25, 0.3) is 0 Å². The third kappa shape index (κ3) is 5.11. The fourth-order valence-corrected chi connectivity index (χ4v) is 2.80. The molecule has 0 fully saturated rings. The molecular formula is C15H18N4O5S. The van der Waals surface area contributed by atoms with E-state index in [0.717, 1.165) is 11.3 Å². The van der Waals surface area contributed by atoms with Crippen molar-refractivity contribution < 1.29 is 14.3 Å². The van der Waals surface area contributed by atoms with Gasteiger partial charge in [0.05, 0.1) is 11.8 Å². The smallest absolute Gasteiger partial charge is 0.350 e. The molecule has 0 aliphatic carbocycles. The van der Waals surface area contributed by atoms with Crippen molar-refractivity contribution in [1.82, 2.24) is 14.5 Å². The second-order valence-corrected chi connectivity index (χ2v) is 6.49. The predicted molar refractivity (Wildman–Crippen MR) is 92.0 cm³/mol. The molecule has 0 spiro atoms. The molecule has 2 aromatic rings. The van der Waals surface area contributed by atoms with E-state index in [1.54, 1.807) is 20.8 Å². The summed E-state index contributed by atoms with van der Waals surface area (Å²) in [5.41, 5.74) is -0.600. The molecule has 0 aromatic carbocycles. The number of nitrogens with zero attached hydrogens (tertiary/aromatic N) is 2. The summed E-state index contributed by atoms with van der Waals surface area (Å²) < 4.78 is 6.34. The van der Waals surface area contributed by atoms with Crippen LogP contribution in [0.5, 0.6) is 0 Å². The highest BCUT2D eigenvalue weighted by molar-refractivity contribution is 7.17. The van der Waals surface area contributed by atoms with Crippen LogP contribution >= 0.6 is 11.3 Å². The highest BCUT2D eigenvalue weighted by atomic mass is 32.1. The molecule has 9 nitrogen and oxygen atoms in total. The predicted octanol–water partition coefficient (Wildman–Crippen LogP) is 0.896. The monoisotopic (exact) mass is 366 g/mol. The van der Waals surface area contributed by atoms with Crippen LogP contribution in [0.3, 0.4) is 0 Å². The Bertz CT molecular complexity index is 896. The standard InChI is InChI=1S/C15H18N4O5S/c1-8(2)24-13(22)12-9(3)16-14(25-12)17-10(20)4-6-19-7-5-11(21)18-15(19)23/h5,7-8H,4,6H2,1-3H3,(H,16,17,20)(H,18,21,23). The van der Waals surface area contributed by atoms with Gasteiger partial charge in [0.1, 0.15) is 4.88 Å². The minimum Gasteiger partial charge on any atom is -0.459 e. The summed E-state index contributed by atoms with van der Waals surface area (Å²) >= 11 is 1.03. The van der Waals surface area contributed by atoms with Crippen molar-refractivity contribution in [2.75, 3.05) is 5.32 Å². The van der Waals surface area contributed by atoms with Crippen molar-refractivity contribution in [2.45, 2.75) is 39.8 Å². The first kappa shape index (κ1) is 18.6. The summed E-state index contributed by atoms with van der Waals surface area (Å²) in [7, 11) is 0. The van der Waals surface area contributed by atoms with Crippen molar-refractivity contribution in [2.24, 2.45) is 0 Å². The molecule has 0 atom stereocenters. The molecule has 2 aromatic heterocycles. The Labute approximate surface area is 146 Å². The average molecular weight is 366 g/mol. The Morgan fingerprint density at radius 1 is 1.40 bits per heavy atom. The molecule has 0 bridgehead atoms. The molecule has 25 heavy (non-hydrogen) atoms. The number of carbonyl (C=O) groups excluding carboxylic acids is 2. The van der Waals surface area contributed by atoms with E-state index in [-0.39, 0.29) is 30.1 Å². The molecule has 0 aliphatic heterocycles. The molecule has 2 rings (SSSR count). The number of ether oxygens (including phenoxy) is 1. The van der Waals surface area contributed by atoms with Gasteiger partial charge in [-0.25, -0.2) is 14.6 Å². The number of aromatic nitrogens is 3. The minimum absolute atomic E-state index is 0.0103. The Hall–Kier alpha value is -2.75. The first-order valence-corrected chi connectivity index (χ1v) is 8.36. The van der Waals surface area contributed by atoms with Gasteiger partial charge in [0.2, 0.25) is 5.91 Å². The number of hydrogen-bond acceptors (Lipinski definition) is 7. The zero-order chi connectivity index (χ0) is 18.6. The number of aromatic amines is 1. The lowest BCUT2D eigenvalue weighted by atomic mass is 10.4. The zero-order valence-electron chi connectivity index (χ0n) is 14.0. The zero-order valence-corrected chi connectivity index (χ0v) is 14.8. The van der Waals surface area contributed by atoms with Crippen LogP contribution in [-0.2, 0) is 16.1 Å². The first-order valence-electron chi connectivity index (χ1n) is 7.54. The molecule has 0 saturated heterocycles. The Morgan fingerprint density at radius 2 is 2.12 bits per heavy atom. The van der Waals surface area contributed by atoms with E-state index in [1.165, 1.54) is 16.8 Å². The van der Waals surface area contributed by atoms with E-state index >= 15 is 0 Å². The molecule has 0 radical (unpaired) electrons. The molecule has 0 saturated carbocycles. The number of rotatable bonds is 6. The highest BCUT2D eigenvalue weighted by Gasteiger charge is 2.18. The second kappa shape index (κ2) is 7.88. The van der Waals surface area contributed by atoms with Crippen LogP contribution < -0.4 is 16.6 Å². The SMILES string of the molecule is Cc1nc(NC(=O)CCn2ccc(=O)[nH]c2=O)sc1C(=O)OC(C)C. The van der Waals surface area contributed by atoms with Crippen molar-refractivity contribution in [3.63, 3.8) is 0 Å². The third-order valence-electron chi connectivity index (χ3n) is 3.05. The number of hydrogen-bond donors (Lipinski definition) is 2. The van der Waals surface area contributed by atoms with Crippen LogP contribution in [0.4, 0.5) is 5.13 Å². The number of nitrogens with one attached hydrogen (secondary N) is 2. The Balaban J connectivity index is 1.98. The highest BCUT2D eigenvalue weighted by Crippen LogP contribution is 2.23. The third-order valence-corrected chi connectivity index (χ3v) is 4.10.